The number of rotatable bonds is 2. The number of hydrogen-bond donors (Lipinski definition) is 1. The summed E-state index contributed by atoms with van der Waals surface area (Å²) in [5, 5.41) is 0. The monoisotopic (exact) mass is 427 g/mol. The minimum atomic E-state index is -0.460. The van der Waals surface area contributed by atoms with Gasteiger partial charge in [-0.3, -0.25) is 4.79 Å². The standard InChI is InChI=1S/C16H15ClIN3O/c1-16(2,3)14(22)10-7-19-15-13(10)21-11(8-20-15)9-4-5-18-12(17)6-9/h4-8H,1-3H3,(H,19,20). The number of ketones is 1. The van der Waals surface area contributed by atoms with E-state index in [1.54, 1.807) is 12.4 Å². The Morgan fingerprint density at radius 2 is 2.14 bits per heavy atom. The molecular formula is C16H15ClIN3O. The van der Waals surface area contributed by atoms with E-state index < -0.39 is 5.41 Å². The fraction of sp³-hybridized carbons (Fsp3) is 0.250. The smallest absolute Gasteiger partial charge is 0.171 e. The second-order valence-electron chi connectivity index (χ2n) is 6.03. The first-order chi connectivity index (χ1) is 10.4. The summed E-state index contributed by atoms with van der Waals surface area (Å²) in [5.41, 5.74) is 3.02. The van der Waals surface area contributed by atoms with Crippen LogP contribution in [0.2, 0.25) is 0 Å². The average Bonchev–Trinajstić information content (AvgIpc) is 2.88. The summed E-state index contributed by atoms with van der Waals surface area (Å²) in [6.07, 6.45) is 7.35. The first-order valence-corrected chi connectivity index (χ1v) is 9.50. The Kier molecular flexibility index (Phi) is 4.03. The molecule has 0 bridgehead atoms. The van der Waals surface area contributed by atoms with E-state index in [1.807, 2.05) is 32.9 Å². The van der Waals surface area contributed by atoms with E-state index in [1.165, 1.54) is 0 Å². The number of aromatic nitrogens is 3. The van der Waals surface area contributed by atoms with Gasteiger partial charge in [-0.05, 0) is 16.2 Å². The van der Waals surface area contributed by atoms with Crippen LogP contribution >= 0.6 is 32.3 Å². The van der Waals surface area contributed by atoms with E-state index in [-0.39, 0.29) is 26.5 Å². The first-order valence-electron chi connectivity index (χ1n) is 6.79. The molecule has 0 saturated carbocycles. The molecule has 1 aliphatic rings. The van der Waals surface area contributed by atoms with Gasteiger partial charge in [-0.15, -0.1) is 0 Å². The molecule has 4 nitrogen and oxygen atoms in total. The lowest BCUT2D eigenvalue weighted by molar-refractivity contribution is 0.0860. The minimum Gasteiger partial charge on any atom is -0.344 e. The van der Waals surface area contributed by atoms with Crippen LogP contribution in [-0.4, -0.2) is 24.7 Å². The number of fused-ring (bicyclic) bond motifs is 1. The normalized spacial score (nSPS) is 15.3. The number of carbonyl (C=O) groups excluding carboxylic acids is 1. The number of halogens is 2. The van der Waals surface area contributed by atoms with Gasteiger partial charge in [0.2, 0.25) is 0 Å². The Morgan fingerprint density at radius 3 is 2.82 bits per heavy atom. The molecule has 0 fully saturated rings. The molecule has 0 aromatic carbocycles. The number of nitrogens with zero attached hydrogens (tertiary/aromatic N) is 2. The van der Waals surface area contributed by atoms with Crippen molar-refractivity contribution in [2.45, 2.75) is 20.8 Å². The molecule has 22 heavy (non-hydrogen) atoms. The van der Waals surface area contributed by atoms with Crippen LogP contribution in [0.15, 0.2) is 27.6 Å². The van der Waals surface area contributed by atoms with Gasteiger partial charge >= 0.3 is 0 Å². The molecule has 0 saturated heterocycles. The molecule has 0 unspecified atom stereocenters. The molecule has 0 aliphatic carbocycles. The van der Waals surface area contributed by atoms with Crippen molar-refractivity contribution < 1.29 is 4.79 Å². The summed E-state index contributed by atoms with van der Waals surface area (Å²) < 4.78 is 2.97. The van der Waals surface area contributed by atoms with Gasteiger partial charge in [0.15, 0.2) is 11.4 Å². The van der Waals surface area contributed by atoms with Gasteiger partial charge in [0.25, 0.3) is 0 Å². The van der Waals surface area contributed by atoms with E-state index in [2.05, 4.69) is 19.0 Å². The van der Waals surface area contributed by atoms with Crippen LogP contribution in [0.4, 0.5) is 0 Å². The Morgan fingerprint density at radius 1 is 1.36 bits per heavy atom. The van der Waals surface area contributed by atoms with E-state index in [0.29, 0.717) is 16.7 Å². The minimum absolute atomic E-state index is 0.0498. The molecule has 0 amide bonds. The molecule has 3 heterocycles. The number of carbonyl (C=O) groups is 1. The lowest BCUT2D eigenvalue weighted by Gasteiger charge is -2.15. The molecule has 3 rings (SSSR count). The van der Waals surface area contributed by atoms with Gasteiger partial charge in [-0.2, -0.15) is 0 Å². The zero-order chi connectivity index (χ0) is 15.9. The van der Waals surface area contributed by atoms with Crippen molar-refractivity contribution in [2.24, 2.45) is 5.41 Å². The fourth-order valence-electron chi connectivity index (χ4n) is 2.12. The summed E-state index contributed by atoms with van der Waals surface area (Å²) in [7, 11) is 0. The third-order valence-corrected chi connectivity index (χ3v) is 5.56. The number of nitrogens with one attached hydrogen (secondary N) is 1. The first kappa shape index (κ1) is 15.6. The van der Waals surface area contributed by atoms with Crippen LogP contribution < -0.4 is 0 Å². The third kappa shape index (κ3) is 2.92. The van der Waals surface area contributed by atoms with E-state index in [9.17, 15) is 4.79 Å². The third-order valence-electron chi connectivity index (χ3n) is 3.28. The van der Waals surface area contributed by atoms with Crippen molar-refractivity contribution >= 4 is 58.9 Å². The average molecular weight is 428 g/mol. The second-order valence-corrected chi connectivity index (χ2v) is 9.57. The molecule has 0 spiro atoms. The highest BCUT2D eigenvalue weighted by Gasteiger charge is 2.26. The Hall–Kier alpha value is -1.34. The van der Waals surface area contributed by atoms with E-state index in [4.69, 9.17) is 11.6 Å². The molecule has 0 atom stereocenters. The maximum atomic E-state index is 12.5. The molecular weight excluding hydrogens is 413 g/mol. The summed E-state index contributed by atoms with van der Waals surface area (Å²) >= 11 is 5.92. The van der Waals surface area contributed by atoms with Gasteiger partial charge < -0.3 is 4.98 Å². The Labute approximate surface area is 143 Å². The number of aromatic amines is 1. The zero-order valence-electron chi connectivity index (χ0n) is 12.4. The maximum Gasteiger partial charge on any atom is 0.171 e. The quantitative estimate of drug-likeness (QED) is 0.569. The van der Waals surface area contributed by atoms with Gasteiger partial charge in [0.1, 0.15) is 5.52 Å². The van der Waals surface area contributed by atoms with Crippen molar-refractivity contribution in [1.29, 1.82) is 0 Å². The molecule has 114 valence electrons. The van der Waals surface area contributed by atoms with Gasteiger partial charge in [-0.1, -0.05) is 53.1 Å². The number of hydrogen-bond acceptors (Lipinski definition) is 3. The highest BCUT2D eigenvalue weighted by molar-refractivity contribution is 14.2. The number of allylic oxidation sites excluding steroid dienone is 3. The van der Waals surface area contributed by atoms with Gasteiger partial charge in [0, 0.05) is 17.2 Å². The summed E-state index contributed by atoms with van der Waals surface area (Å²) in [4.78, 5) is 24.6. The van der Waals surface area contributed by atoms with Crippen LogP contribution in [-0.2, 0) is 0 Å². The van der Waals surface area contributed by atoms with Crippen molar-refractivity contribution in [3.8, 4) is 0 Å². The number of Topliss-reactive ketones (excluding diaryl/α,β-unsaturated/α-hetero) is 1. The SMILES string of the molecule is CC(C)(C)C(=O)c1c[nH]c2ncc(C3=CC=IC(Cl)=C3)nc12. The van der Waals surface area contributed by atoms with E-state index >= 15 is 0 Å². The van der Waals surface area contributed by atoms with Crippen molar-refractivity contribution in [1.82, 2.24) is 15.0 Å². The highest BCUT2D eigenvalue weighted by Crippen LogP contribution is 2.30. The zero-order valence-corrected chi connectivity index (χ0v) is 15.4. The molecule has 2 aromatic heterocycles. The predicted molar refractivity (Wildman–Crippen MR) is 99.7 cm³/mol. The Balaban J connectivity index is 2.12. The van der Waals surface area contributed by atoms with Crippen LogP contribution in [0, 0.1) is 5.41 Å². The highest BCUT2D eigenvalue weighted by atomic mass is 127. The Bertz CT molecular complexity index is 856. The van der Waals surface area contributed by atoms with Gasteiger partial charge in [-0.25, -0.2) is 9.97 Å². The van der Waals surface area contributed by atoms with Crippen LogP contribution in [0.1, 0.15) is 36.8 Å². The topological polar surface area (TPSA) is 58.6 Å². The largest absolute Gasteiger partial charge is 0.344 e. The predicted octanol–water partition coefficient (Wildman–Crippen LogP) is 4.44. The molecule has 0 radical (unpaired) electrons. The van der Waals surface area contributed by atoms with Crippen LogP contribution in [0.5, 0.6) is 0 Å². The maximum absolute atomic E-state index is 12.5. The van der Waals surface area contributed by atoms with E-state index in [0.717, 1.165) is 14.3 Å². The van der Waals surface area contributed by atoms with Crippen molar-refractivity contribution in [3.63, 3.8) is 0 Å². The molecule has 2 aromatic rings. The van der Waals surface area contributed by atoms with Crippen LogP contribution in [0.25, 0.3) is 16.7 Å². The van der Waals surface area contributed by atoms with Crippen molar-refractivity contribution in [3.05, 3.63) is 38.8 Å². The number of H-pyrrole nitrogens is 1. The van der Waals surface area contributed by atoms with Gasteiger partial charge in [0.05, 0.1) is 20.5 Å². The molecule has 1 N–H and O–H groups in total. The lowest BCUT2D eigenvalue weighted by Crippen LogP contribution is -2.20. The summed E-state index contributed by atoms with van der Waals surface area (Å²) in [6.45, 7) is 5.70. The summed E-state index contributed by atoms with van der Waals surface area (Å²) in [5.74, 6) is 0.0498. The van der Waals surface area contributed by atoms with Crippen LogP contribution in [0.3, 0.4) is 0 Å². The molecule has 1 aliphatic heterocycles. The fourth-order valence-corrected chi connectivity index (χ4v) is 3.99. The second kappa shape index (κ2) is 5.70. The van der Waals surface area contributed by atoms with Crippen molar-refractivity contribution in [2.75, 3.05) is 0 Å². The lowest BCUT2D eigenvalue weighted by atomic mass is 9.87. The summed E-state index contributed by atoms with van der Waals surface area (Å²) in [6, 6.07) is 0. The molecule has 6 heteroatoms.